The topological polar surface area (TPSA) is 94.7 Å². The number of alkyl halides is 2. The van der Waals surface area contributed by atoms with Crippen molar-refractivity contribution in [2.24, 2.45) is 0 Å². The Hall–Kier alpha value is -3.63. The molecule has 1 atom stereocenters. The van der Waals surface area contributed by atoms with Crippen molar-refractivity contribution < 1.29 is 23.0 Å². The van der Waals surface area contributed by atoms with Crippen molar-refractivity contribution in [1.29, 1.82) is 0 Å². The lowest BCUT2D eigenvalue weighted by atomic mass is 10.2. The fourth-order valence-corrected chi connectivity index (χ4v) is 3.12. The summed E-state index contributed by atoms with van der Waals surface area (Å²) in [6.07, 6.45) is 0.880. The van der Waals surface area contributed by atoms with Gasteiger partial charge in [0.1, 0.15) is 12.0 Å². The minimum Gasteiger partial charge on any atom is -0.481 e. The maximum absolute atomic E-state index is 13.1. The molecule has 11 heteroatoms. The second kappa shape index (κ2) is 7.65. The summed E-state index contributed by atoms with van der Waals surface area (Å²) in [7, 11) is 4.58. The van der Waals surface area contributed by atoms with Crippen LogP contribution < -0.4 is 9.47 Å². The highest BCUT2D eigenvalue weighted by molar-refractivity contribution is 5.95. The number of halogens is 2. The van der Waals surface area contributed by atoms with Gasteiger partial charge in [-0.15, -0.1) is 0 Å². The Balaban J connectivity index is 1.59. The van der Waals surface area contributed by atoms with Gasteiger partial charge in [-0.3, -0.25) is 4.79 Å². The van der Waals surface area contributed by atoms with Gasteiger partial charge in [-0.1, -0.05) is 0 Å². The van der Waals surface area contributed by atoms with Crippen LogP contribution in [-0.2, 0) is 0 Å². The highest BCUT2D eigenvalue weighted by Crippen LogP contribution is 2.37. The normalized spacial score (nSPS) is 16.9. The SMILES string of the molecule is COc1cc(C(=O)N(C)[C@H]2C/C2=C/c2cc(C(F)F)nc3ncnn23)cc(OC)n1. The molecule has 1 saturated carbocycles. The minimum absolute atomic E-state index is 0.0947. The Bertz CT molecular complexity index is 1120. The Morgan fingerprint density at radius 2 is 1.93 bits per heavy atom. The third kappa shape index (κ3) is 3.65. The van der Waals surface area contributed by atoms with E-state index in [1.54, 1.807) is 18.0 Å². The maximum atomic E-state index is 13.1. The fraction of sp³-hybridized carbons (Fsp3) is 0.316. The van der Waals surface area contributed by atoms with Crippen molar-refractivity contribution in [2.45, 2.75) is 18.9 Å². The van der Waals surface area contributed by atoms with Gasteiger partial charge in [0.2, 0.25) is 11.8 Å². The standard InChI is InChI=1S/C19H18F2N6O3/c1-26(18(28)11-6-15(29-2)25-16(7-11)30-3)14-5-10(14)4-12-8-13(17(20)21)24-19-22-9-23-27(12)19/h4,6-9,14,17H,5H2,1-3H3/b10-4-/t14-/m0/s1. The highest BCUT2D eigenvalue weighted by atomic mass is 19.3. The third-order valence-corrected chi connectivity index (χ3v) is 4.78. The van der Waals surface area contributed by atoms with Gasteiger partial charge in [0, 0.05) is 19.2 Å². The number of ether oxygens (including phenoxy) is 2. The van der Waals surface area contributed by atoms with Crippen LogP contribution in [0.5, 0.6) is 11.8 Å². The zero-order chi connectivity index (χ0) is 21.4. The zero-order valence-electron chi connectivity index (χ0n) is 16.4. The van der Waals surface area contributed by atoms with Gasteiger partial charge >= 0.3 is 0 Å². The summed E-state index contributed by atoms with van der Waals surface area (Å²) in [4.78, 5) is 26.2. The van der Waals surface area contributed by atoms with Crippen molar-refractivity contribution in [2.75, 3.05) is 21.3 Å². The number of fused-ring (bicyclic) bond motifs is 1. The molecule has 3 aromatic rings. The van der Waals surface area contributed by atoms with Crippen LogP contribution >= 0.6 is 0 Å². The largest absolute Gasteiger partial charge is 0.481 e. The van der Waals surface area contributed by atoms with E-state index in [1.165, 1.54) is 43.3 Å². The number of hydrogen-bond donors (Lipinski definition) is 0. The molecule has 0 bridgehead atoms. The van der Waals surface area contributed by atoms with Gasteiger partial charge in [0.25, 0.3) is 18.1 Å². The number of rotatable bonds is 6. The second-order valence-corrected chi connectivity index (χ2v) is 6.67. The molecule has 1 amide bonds. The Labute approximate surface area is 170 Å². The smallest absolute Gasteiger partial charge is 0.280 e. The zero-order valence-corrected chi connectivity index (χ0v) is 16.4. The molecule has 3 heterocycles. The summed E-state index contributed by atoms with van der Waals surface area (Å²) in [5, 5.41) is 4.03. The van der Waals surface area contributed by atoms with Crippen LogP contribution in [0.15, 0.2) is 30.1 Å². The molecule has 9 nitrogen and oxygen atoms in total. The van der Waals surface area contributed by atoms with Crippen LogP contribution in [0.4, 0.5) is 8.78 Å². The van der Waals surface area contributed by atoms with Crippen LogP contribution in [0.25, 0.3) is 11.9 Å². The lowest BCUT2D eigenvalue weighted by molar-refractivity contribution is 0.0789. The van der Waals surface area contributed by atoms with Gasteiger partial charge in [-0.25, -0.2) is 13.8 Å². The Kier molecular flexibility index (Phi) is 5.02. The van der Waals surface area contributed by atoms with Gasteiger partial charge in [0.05, 0.1) is 31.5 Å². The predicted molar refractivity (Wildman–Crippen MR) is 102 cm³/mol. The lowest BCUT2D eigenvalue weighted by Gasteiger charge is -2.17. The molecule has 0 aliphatic heterocycles. The van der Waals surface area contributed by atoms with E-state index in [9.17, 15) is 13.6 Å². The predicted octanol–water partition coefficient (Wildman–Crippen LogP) is 2.40. The average molecular weight is 416 g/mol. The van der Waals surface area contributed by atoms with E-state index in [-0.39, 0.29) is 35.2 Å². The number of methoxy groups -OCH3 is 2. The van der Waals surface area contributed by atoms with E-state index in [2.05, 4.69) is 20.1 Å². The molecule has 0 unspecified atom stereocenters. The van der Waals surface area contributed by atoms with E-state index in [1.807, 2.05) is 0 Å². The van der Waals surface area contributed by atoms with Crippen LogP contribution in [0.2, 0.25) is 0 Å². The van der Waals surface area contributed by atoms with Crippen LogP contribution in [0.1, 0.15) is 34.6 Å². The minimum atomic E-state index is -2.72. The molecule has 1 fully saturated rings. The number of hydrogen-bond acceptors (Lipinski definition) is 7. The number of carbonyl (C=O) groups excluding carboxylic acids is 1. The highest BCUT2D eigenvalue weighted by Gasteiger charge is 2.37. The first-order valence-corrected chi connectivity index (χ1v) is 8.97. The summed E-state index contributed by atoms with van der Waals surface area (Å²) in [6, 6.07) is 4.17. The molecule has 0 saturated heterocycles. The molecule has 1 aliphatic rings. The molecule has 0 radical (unpaired) electrons. The molecule has 156 valence electrons. The Morgan fingerprint density at radius 3 is 2.57 bits per heavy atom. The monoisotopic (exact) mass is 416 g/mol. The van der Waals surface area contributed by atoms with E-state index in [4.69, 9.17) is 9.47 Å². The molecule has 0 spiro atoms. The van der Waals surface area contributed by atoms with Gasteiger partial charge in [-0.2, -0.15) is 19.6 Å². The number of nitrogens with zero attached hydrogens (tertiary/aromatic N) is 6. The van der Waals surface area contributed by atoms with Crippen LogP contribution in [0, 0.1) is 0 Å². The van der Waals surface area contributed by atoms with E-state index in [0.29, 0.717) is 17.7 Å². The second-order valence-electron chi connectivity index (χ2n) is 6.67. The number of carbonyl (C=O) groups is 1. The first kappa shape index (κ1) is 19.7. The first-order valence-electron chi connectivity index (χ1n) is 8.97. The molecule has 0 aromatic carbocycles. The first-order chi connectivity index (χ1) is 14.4. The van der Waals surface area contributed by atoms with Crippen LogP contribution in [-0.4, -0.2) is 62.7 Å². The van der Waals surface area contributed by atoms with E-state index < -0.39 is 6.43 Å². The third-order valence-electron chi connectivity index (χ3n) is 4.78. The van der Waals surface area contributed by atoms with Crippen molar-refractivity contribution in [3.63, 3.8) is 0 Å². The van der Waals surface area contributed by atoms with E-state index in [0.717, 1.165) is 5.57 Å². The molecule has 0 N–H and O–H groups in total. The lowest BCUT2D eigenvalue weighted by Crippen LogP contribution is -2.29. The van der Waals surface area contributed by atoms with Crippen molar-refractivity contribution in [3.05, 3.63) is 47.1 Å². The molecular formula is C19H18F2N6O3. The number of likely N-dealkylation sites (N-methyl/N-ethyl adjacent to an activating group) is 1. The van der Waals surface area contributed by atoms with Crippen molar-refractivity contribution >= 4 is 17.8 Å². The van der Waals surface area contributed by atoms with Crippen molar-refractivity contribution in [3.8, 4) is 11.8 Å². The number of amides is 1. The average Bonchev–Trinajstić information content (AvgIpc) is 3.35. The summed E-state index contributed by atoms with van der Waals surface area (Å²) < 4.78 is 37.9. The van der Waals surface area contributed by atoms with Gasteiger partial charge in [0.15, 0.2) is 0 Å². The van der Waals surface area contributed by atoms with Gasteiger partial charge in [-0.05, 0) is 24.1 Å². The van der Waals surface area contributed by atoms with E-state index >= 15 is 0 Å². The summed E-state index contributed by atoms with van der Waals surface area (Å²) >= 11 is 0. The molecular weight excluding hydrogens is 398 g/mol. The van der Waals surface area contributed by atoms with Gasteiger partial charge < -0.3 is 14.4 Å². The number of aromatic nitrogens is 5. The summed E-state index contributed by atoms with van der Waals surface area (Å²) in [5.74, 6) is 0.388. The molecule has 4 rings (SSSR count). The fourth-order valence-electron chi connectivity index (χ4n) is 3.12. The summed E-state index contributed by atoms with van der Waals surface area (Å²) in [5.41, 5.74) is 1.33. The Morgan fingerprint density at radius 1 is 1.23 bits per heavy atom. The molecule has 3 aromatic heterocycles. The van der Waals surface area contributed by atoms with Crippen molar-refractivity contribution in [1.82, 2.24) is 29.5 Å². The quantitative estimate of drug-likeness (QED) is 0.609. The number of pyridine rings is 1. The maximum Gasteiger partial charge on any atom is 0.280 e. The molecule has 1 aliphatic carbocycles. The van der Waals surface area contributed by atoms with Crippen LogP contribution in [0.3, 0.4) is 0 Å². The molecule has 30 heavy (non-hydrogen) atoms. The summed E-state index contributed by atoms with van der Waals surface area (Å²) in [6.45, 7) is 0.